The highest BCUT2D eigenvalue weighted by molar-refractivity contribution is 7.89. The van der Waals surface area contributed by atoms with Crippen molar-refractivity contribution < 1.29 is 23.1 Å². The van der Waals surface area contributed by atoms with Gasteiger partial charge in [0.05, 0.1) is 5.69 Å². The Bertz CT molecular complexity index is 559. The van der Waals surface area contributed by atoms with Gasteiger partial charge in [0.25, 0.3) is 0 Å². The molecular formula is C12H18N2O5S. The molecule has 1 unspecified atom stereocenters. The molecule has 3 N–H and O–H groups in total. The average Bonchev–Trinajstić information content (AvgIpc) is 2.43. The minimum atomic E-state index is -3.66. The van der Waals surface area contributed by atoms with Crippen molar-refractivity contribution >= 4 is 21.7 Å². The Morgan fingerprint density at radius 3 is 2.60 bits per heavy atom. The van der Waals surface area contributed by atoms with Gasteiger partial charge < -0.3 is 15.2 Å². The number of carboxylic acids is 1. The fraction of sp³-hybridized carbons (Fsp3) is 0.417. The number of carbonyl (C=O) groups is 1. The van der Waals surface area contributed by atoms with Crippen LogP contribution in [0, 0.1) is 0 Å². The summed E-state index contributed by atoms with van der Waals surface area (Å²) in [5, 5.41) is 11.9. The van der Waals surface area contributed by atoms with Crippen LogP contribution in [0.5, 0.6) is 0 Å². The van der Waals surface area contributed by atoms with Gasteiger partial charge in [0.1, 0.15) is 10.9 Å². The molecule has 0 fully saturated rings. The van der Waals surface area contributed by atoms with Crippen LogP contribution in [0.2, 0.25) is 0 Å². The molecule has 0 radical (unpaired) electrons. The molecule has 1 aromatic rings. The molecule has 1 rings (SSSR count). The predicted molar refractivity (Wildman–Crippen MR) is 74.2 cm³/mol. The molecule has 20 heavy (non-hydrogen) atoms. The normalized spacial score (nSPS) is 12.9. The number of hydrogen-bond acceptors (Lipinski definition) is 5. The van der Waals surface area contributed by atoms with Crippen LogP contribution in [-0.4, -0.2) is 46.3 Å². The van der Waals surface area contributed by atoms with E-state index in [-0.39, 0.29) is 23.6 Å². The van der Waals surface area contributed by atoms with E-state index in [4.69, 9.17) is 9.84 Å². The summed E-state index contributed by atoms with van der Waals surface area (Å²) in [6.07, 6.45) is 0.222. The largest absolute Gasteiger partial charge is 0.480 e. The molecule has 1 atom stereocenters. The summed E-state index contributed by atoms with van der Waals surface area (Å²) in [4.78, 5) is 11.2. The molecule has 0 saturated carbocycles. The van der Waals surface area contributed by atoms with E-state index in [9.17, 15) is 13.2 Å². The number of sulfonamides is 1. The first kappa shape index (κ1) is 16.4. The fourth-order valence-electron chi connectivity index (χ4n) is 1.61. The summed E-state index contributed by atoms with van der Waals surface area (Å²) < 4.78 is 30.8. The van der Waals surface area contributed by atoms with Crippen molar-refractivity contribution in [1.82, 2.24) is 4.72 Å². The summed E-state index contributed by atoms with van der Waals surface area (Å²) in [6.45, 7) is 0.255. The number of para-hydroxylation sites is 1. The molecule has 0 aliphatic heterocycles. The summed E-state index contributed by atoms with van der Waals surface area (Å²) in [5.41, 5.74) is 0.241. The molecule has 0 bridgehead atoms. The Labute approximate surface area is 118 Å². The highest BCUT2D eigenvalue weighted by atomic mass is 32.2. The van der Waals surface area contributed by atoms with E-state index in [0.717, 1.165) is 0 Å². The second-order valence-corrected chi connectivity index (χ2v) is 5.88. The Balaban J connectivity index is 3.05. The van der Waals surface area contributed by atoms with E-state index >= 15 is 0 Å². The first-order chi connectivity index (χ1) is 9.42. The smallest absolute Gasteiger partial charge is 0.326 e. The number of benzene rings is 1. The quantitative estimate of drug-likeness (QED) is 0.646. The molecule has 112 valence electrons. The van der Waals surface area contributed by atoms with Crippen molar-refractivity contribution in [1.29, 1.82) is 0 Å². The average molecular weight is 302 g/mol. The molecule has 0 spiro atoms. The number of rotatable bonds is 8. The molecule has 0 saturated heterocycles. The number of nitrogens with one attached hydrogen (secondary N) is 2. The van der Waals surface area contributed by atoms with Gasteiger partial charge in [-0.15, -0.1) is 0 Å². The lowest BCUT2D eigenvalue weighted by molar-refractivity contribution is -0.138. The van der Waals surface area contributed by atoms with E-state index < -0.39 is 22.0 Å². The molecule has 0 aromatic heterocycles. The van der Waals surface area contributed by atoms with E-state index in [0.29, 0.717) is 0 Å². The molecule has 0 aliphatic carbocycles. The maximum Gasteiger partial charge on any atom is 0.326 e. The molecular weight excluding hydrogens is 284 g/mol. The van der Waals surface area contributed by atoms with Crippen LogP contribution in [0.25, 0.3) is 0 Å². The van der Waals surface area contributed by atoms with Crippen LogP contribution < -0.4 is 10.0 Å². The zero-order valence-corrected chi connectivity index (χ0v) is 12.1. The van der Waals surface area contributed by atoms with Crippen LogP contribution >= 0.6 is 0 Å². The van der Waals surface area contributed by atoms with Gasteiger partial charge in [-0.3, -0.25) is 0 Å². The molecule has 8 heteroatoms. The Morgan fingerprint density at radius 2 is 2.05 bits per heavy atom. The van der Waals surface area contributed by atoms with Gasteiger partial charge >= 0.3 is 5.97 Å². The van der Waals surface area contributed by atoms with E-state index in [1.165, 1.54) is 26.3 Å². The van der Waals surface area contributed by atoms with Crippen molar-refractivity contribution in [2.24, 2.45) is 0 Å². The van der Waals surface area contributed by atoms with Gasteiger partial charge in [-0.05, 0) is 19.2 Å². The number of methoxy groups -OCH3 is 1. The molecule has 0 amide bonds. The number of ether oxygens (including phenoxy) is 1. The van der Waals surface area contributed by atoms with E-state index in [1.54, 1.807) is 12.1 Å². The molecule has 0 aliphatic rings. The second-order valence-electron chi connectivity index (χ2n) is 4.02. The standard InChI is InChI=1S/C12H18N2O5S/c1-13-20(17,18)11-6-4-3-5-9(11)14-10(12(15)16)7-8-19-2/h3-6,10,13-14H,7-8H2,1-2H3,(H,15,16). The third kappa shape index (κ3) is 4.19. The minimum Gasteiger partial charge on any atom is -0.480 e. The highest BCUT2D eigenvalue weighted by Gasteiger charge is 2.21. The minimum absolute atomic E-state index is 0.00571. The Morgan fingerprint density at radius 1 is 1.40 bits per heavy atom. The second kappa shape index (κ2) is 7.22. The van der Waals surface area contributed by atoms with Gasteiger partial charge in [0, 0.05) is 20.1 Å². The third-order valence-corrected chi connectivity index (χ3v) is 4.16. The topological polar surface area (TPSA) is 105 Å². The molecule has 7 nitrogen and oxygen atoms in total. The summed E-state index contributed by atoms with van der Waals surface area (Å²) in [6, 6.07) is 5.20. The Hall–Kier alpha value is -1.64. The number of aliphatic carboxylic acids is 1. The SMILES string of the molecule is CNS(=O)(=O)c1ccccc1NC(CCOC)C(=O)O. The summed E-state index contributed by atoms with van der Waals surface area (Å²) in [5.74, 6) is -1.07. The van der Waals surface area contributed by atoms with Crippen LogP contribution in [0.15, 0.2) is 29.2 Å². The maximum absolute atomic E-state index is 11.9. The molecule has 1 aromatic carbocycles. The lowest BCUT2D eigenvalue weighted by Gasteiger charge is -2.17. The van der Waals surface area contributed by atoms with Crippen molar-refractivity contribution in [3.05, 3.63) is 24.3 Å². The van der Waals surface area contributed by atoms with Crippen LogP contribution in [-0.2, 0) is 19.6 Å². The zero-order chi connectivity index (χ0) is 15.2. The maximum atomic E-state index is 11.9. The van der Waals surface area contributed by atoms with Crippen LogP contribution in [0.3, 0.4) is 0 Å². The molecule has 0 heterocycles. The van der Waals surface area contributed by atoms with Gasteiger partial charge in [-0.1, -0.05) is 12.1 Å². The first-order valence-corrected chi connectivity index (χ1v) is 7.41. The van der Waals surface area contributed by atoms with Gasteiger partial charge in [-0.25, -0.2) is 17.9 Å². The predicted octanol–water partition coefficient (Wildman–Crippen LogP) is 0.496. The zero-order valence-electron chi connectivity index (χ0n) is 11.3. The van der Waals surface area contributed by atoms with Crippen molar-refractivity contribution in [3.63, 3.8) is 0 Å². The van der Waals surface area contributed by atoms with Crippen molar-refractivity contribution in [3.8, 4) is 0 Å². The van der Waals surface area contributed by atoms with Gasteiger partial charge in [0.2, 0.25) is 10.0 Å². The summed E-state index contributed by atoms with van der Waals surface area (Å²) in [7, 11) is -0.889. The summed E-state index contributed by atoms with van der Waals surface area (Å²) >= 11 is 0. The highest BCUT2D eigenvalue weighted by Crippen LogP contribution is 2.21. The number of anilines is 1. The lowest BCUT2D eigenvalue weighted by Crippen LogP contribution is -2.31. The van der Waals surface area contributed by atoms with Gasteiger partial charge in [-0.2, -0.15) is 0 Å². The van der Waals surface area contributed by atoms with Crippen molar-refractivity contribution in [2.45, 2.75) is 17.4 Å². The van der Waals surface area contributed by atoms with E-state index in [1.807, 2.05) is 0 Å². The van der Waals surface area contributed by atoms with Crippen LogP contribution in [0.4, 0.5) is 5.69 Å². The van der Waals surface area contributed by atoms with Crippen LogP contribution in [0.1, 0.15) is 6.42 Å². The first-order valence-electron chi connectivity index (χ1n) is 5.93. The number of carboxylic acid groups (broad SMARTS) is 1. The monoisotopic (exact) mass is 302 g/mol. The van der Waals surface area contributed by atoms with Gasteiger partial charge in [0.15, 0.2) is 0 Å². The number of hydrogen-bond donors (Lipinski definition) is 3. The lowest BCUT2D eigenvalue weighted by atomic mass is 10.2. The Kier molecular flexibility index (Phi) is 5.93. The third-order valence-electron chi connectivity index (χ3n) is 2.68. The fourth-order valence-corrected chi connectivity index (χ4v) is 2.51. The van der Waals surface area contributed by atoms with E-state index in [2.05, 4.69) is 10.0 Å². The van der Waals surface area contributed by atoms with Crippen molar-refractivity contribution in [2.75, 3.05) is 26.1 Å².